The second-order valence-corrected chi connectivity index (χ2v) is 10.7. The Labute approximate surface area is 222 Å². The van der Waals surface area contributed by atoms with Crippen LogP contribution in [0.15, 0.2) is 82.6 Å². The van der Waals surface area contributed by atoms with Gasteiger partial charge in [-0.3, -0.25) is 9.59 Å². The smallest absolute Gasteiger partial charge is 0.265 e. The second-order valence-electron chi connectivity index (χ2n) is 9.61. The summed E-state index contributed by atoms with van der Waals surface area (Å²) in [6.45, 7) is 3.63. The number of unbranched alkanes of at least 4 members (excludes halogenated alkanes) is 1. The summed E-state index contributed by atoms with van der Waals surface area (Å²) in [5, 5.41) is 0. The molecule has 1 amide bonds. The molecule has 6 heteroatoms. The highest BCUT2D eigenvalue weighted by Gasteiger charge is 2.29. The maximum Gasteiger partial charge on any atom is 0.265 e. The largest absolute Gasteiger partial charge is 0.303 e. The van der Waals surface area contributed by atoms with Crippen molar-refractivity contribution >= 4 is 35.2 Å². The van der Waals surface area contributed by atoms with Gasteiger partial charge in [-0.05, 0) is 75.2 Å². The van der Waals surface area contributed by atoms with Gasteiger partial charge in [0.25, 0.3) is 5.91 Å². The molecule has 3 aromatic carbocycles. The van der Waals surface area contributed by atoms with Gasteiger partial charge >= 0.3 is 0 Å². The molecule has 0 radical (unpaired) electrons. The number of rotatable bonds is 9. The highest BCUT2D eigenvalue weighted by molar-refractivity contribution is 8.04. The van der Waals surface area contributed by atoms with Crippen molar-refractivity contribution in [1.82, 2.24) is 4.90 Å². The molecule has 1 saturated heterocycles. The summed E-state index contributed by atoms with van der Waals surface area (Å²) in [4.78, 5) is 31.8. The zero-order valence-electron chi connectivity index (χ0n) is 20.9. The van der Waals surface area contributed by atoms with Crippen molar-refractivity contribution in [3.8, 4) is 0 Å². The van der Waals surface area contributed by atoms with Crippen LogP contribution in [0, 0.1) is 5.82 Å². The summed E-state index contributed by atoms with van der Waals surface area (Å²) in [5.41, 5.74) is 2.81. The number of carbonyl (C=O) groups excluding carboxylic acids is 2. The third kappa shape index (κ3) is 6.20. The van der Waals surface area contributed by atoms with E-state index in [2.05, 4.69) is 4.90 Å². The van der Waals surface area contributed by atoms with Crippen LogP contribution >= 0.6 is 11.8 Å². The van der Waals surface area contributed by atoms with Crippen LogP contribution in [0.25, 0.3) is 6.08 Å². The van der Waals surface area contributed by atoms with Crippen LogP contribution in [0.1, 0.15) is 53.6 Å². The highest BCUT2D eigenvalue weighted by Crippen LogP contribution is 2.42. The van der Waals surface area contributed by atoms with E-state index < -0.39 is 0 Å². The fraction of sp³-hybridized carbons (Fsp3) is 0.290. The van der Waals surface area contributed by atoms with E-state index in [-0.39, 0.29) is 24.1 Å². The van der Waals surface area contributed by atoms with Gasteiger partial charge in [-0.1, -0.05) is 66.4 Å². The lowest BCUT2D eigenvalue weighted by Crippen LogP contribution is -2.34. The van der Waals surface area contributed by atoms with Gasteiger partial charge < -0.3 is 9.80 Å². The number of hydrogen-bond donors (Lipinski definition) is 0. The number of amides is 1. The fourth-order valence-electron chi connectivity index (χ4n) is 4.90. The maximum atomic E-state index is 14.4. The second kappa shape index (κ2) is 11.9. The quantitative estimate of drug-likeness (QED) is 0.176. The van der Waals surface area contributed by atoms with Crippen molar-refractivity contribution in [3.05, 3.63) is 100 Å². The van der Waals surface area contributed by atoms with Gasteiger partial charge in [0.2, 0.25) is 0 Å². The van der Waals surface area contributed by atoms with E-state index in [1.165, 1.54) is 43.8 Å². The van der Waals surface area contributed by atoms with Gasteiger partial charge in [0.05, 0.1) is 17.1 Å². The Morgan fingerprint density at radius 2 is 1.65 bits per heavy atom. The molecular formula is C31H31FN2O2S. The lowest BCUT2D eigenvalue weighted by molar-refractivity contribution is -0.114. The number of benzene rings is 3. The summed E-state index contributed by atoms with van der Waals surface area (Å²) in [7, 11) is 0. The number of halogens is 1. The molecule has 0 aliphatic carbocycles. The molecule has 0 unspecified atom stereocenters. The molecule has 37 heavy (non-hydrogen) atoms. The summed E-state index contributed by atoms with van der Waals surface area (Å²) in [5.74, 6) is -0.327. The number of thioether (sulfide) groups is 1. The summed E-state index contributed by atoms with van der Waals surface area (Å²) >= 11 is 1.42. The van der Waals surface area contributed by atoms with Gasteiger partial charge in [0.15, 0.2) is 5.78 Å². The lowest BCUT2D eigenvalue weighted by Gasteiger charge is -2.30. The zero-order valence-corrected chi connectivity index (χ0v) is 21.7. The van der Waals surface area contributed by atoms with Gasteiger partial charge in [-0.2, -0.15) is 0 Å². The molecule has 190 valence electrons. The minimum absolute atomic E-state index is 0.158. The number of anilines is 1. The van der Waals surface area contributed by atoms with E-state index in [1.54, 1.807) is 23.1 Å². The van der Waals surface area contributed by atoms with Crippen LogP contribution in [-0.2, 0) is 11.3 Å². The Morgan fingerprint density at radius 3 is 2.43 bits per heavy atom. The number of carbonyl (C=O) groups is 2. The Morgan fingerprint density at radius 1 is 0.919 bits per heavy atom. The van der Waals surface area contributed by atoms with E-state index in [1.807, 2.05) is 54.6 Å². The monoisotopic (exact) mass is 514 g/mol. The summed E-state index contributed by atoms with van der Waals surface area (Å²) in [6, 6.07) is 21.7. The normalized spacial score (nSPS) is 16.8. The number of Topliss-reactive ketones (excluding diaryl/α,β-unsaturated/α-hetero) is 1. The van der Waals surface area contributed by atoms with Crippen molar-refractivity contribution < 1.29 is 14.0 Å². The Kier molecular flexibility index (Phi) is 8.17. The Balaban J connectivity index is 1.27. The average molecular weight is 515 g/mol. The number of hydrogen-bond acceptors (Lipinski definition) is 4. The highest BCUT2D eigenvalue weighted by atomic mass is 32.2. The van der Waals surface area contributed by atoms with Crippen molar-refractivity contribution in [1.29, 1.82) is 0 Å². The maximum absolute atomic E-state index is 14.4. The standard InChI is InChI=1S/C31H31FN2O2S/c32-26-10-2-1-9-25(26)22-34-27-11-3-4-13-29(27)37-30(31(34)36)21-23-14-16-24(17-15-23)28(35)12-5-6-18-33-19-7-8-20-33/h1-4,9-11,13-17,21H,5-8,12,18-20,22H2/b30-21-. The molecule has 0 bridgehead atoms. The number of nitrogens with zero attached hydrogens (tertiary/aromatic N) is 2. The van der Waals surface area contributed by atoms with Crippen LogP contribution in [0.2, 0.25) is 0 Å². The fourth-order valence-corrected chi connectivity index (χ4v) is 5.96. The average Bonchev–Trinajstić information content (AvgIpc) is 3.44. The summed E-state index contributed by atoms with van der Waals surface area (Å²) < 4.78 is 14.4. The van der Waals surface area contributed by atoms with Gasteiger partial charge in [0.1, 0.15) is 5.82 Å². The first-order chi connectivity index (χ1) is 18.1. The Hall–Kier alpha value is -3.22. The van der Waals surface area contributed by atoms with Crippen LogP contribution < -0.4 is 4.90 Å². The van der Waals surface area contributed by atoms with E-state index >= 15 is 0 Å². The molecule has 0 saturated carbocycles. The zero-order chi connectivity index (χ0) is 25.6. The molecule has 1 fully saturated rings. The van der Waals surface area contributed by atoms with E-state index in [4.69, 9.17) is 0 Å². The first-order valence-electron chi connectivity index (χ1n) is 13.0. The van der Waals surface area contributed by atoms with Crippen molar-refractivity contribution in [3.63, 3.8) is 0 Å². The van der Waals surface area contributed by atoms with E-state index in [0.29, 0.717) is 22.5 Å². The minimum atomic E-state index is -0.326. The lowest BCUT2D eigenvalue weighted by atomic mass is 10.0. The minimum Gasteiger partial charge on any atom is -0.303 e. The number of likely N-dealkylation sites (tertiary alicyclic amines) is 1. The molecule has 2 aliphatic rings. The SMILES string of the molecule is O=C(CCCCN1CCCC1)c1ccc(/C=C2\Sc3ccccc3N(Cc3ccccc3F)C2=O)cc1. The molecule has 2 aliphatic heterocycles. The van der Waals surface area contributed by atoms with E-state index in [0.717, 1.165) is 35.5 Å². The molecule has 0 N–H and O–H groups in total. The number of ketones is 1. The van der Waals surface area contributed by atoms with Crippen molar-refractivity contribution in [2.24, 2.45) is 0 Å². The van der Waals surface area contributed by atoms with Crippen molar-refractivity contribution in [2.45, 2.75) is 43.5 Å². The van der Waals surface area contributed by atoms with Crippen LogP contribution in [0.3, 0.4) is 0 Å². The van der Waals surface area contributed by atoms with E-state index in [9.17, 15) is 14.0 Å². The number of fused-ring (bicyclic) bond motifs is 1. The molecular weight excluding hydrogens is 483 g/mol. The van der Waals surface area contributed by atoms with Gasteiger partial charge in [-0.25, -0.2) is 4.39 Å². The van der Waals surface area contributed by atoms with Gasteiger partial charge in [0, 0.05) is 22.4 Å². The van der Waals surface area contributed by atoms with Gasteiger partial charge in [-0.15, -0.1) is 0 Å². The van der Waals surface area contributed by atoms with Crippen LogP contribution in [0.4, 0.5) is 10.1 Å². The number of para-hydroxylation sites is 1. The first kappa shape index (κ1) is 25.4. The molecule has 0 spiro atoms. The van der Waals surface area contributed by atoms with Crippen LogP contribution in [0.5, 0.6) is 0 Å². The Bertz CT molecular complexity index is 1300. The third-order valence-electron chi connectivity index (χ3n) is 6.98. The predicted octanol–water partition coefficient (Wildman–Crippen LogP) is 6.95. The molecule has 5 rings (SSSR count). The molecule has 2 heterocycles. The molecule has 0 atom stereocenters. The summed E-state index contributed by atoms with van der Waals surface area (Å²) in [6.07, 6.45) is 6.96. The van der Waals surface area contributed by atoms with Crippen molar-refractivity contribution in [2.75, 3.05) is 24.5 Å². The molecule has 0 aromatic heterocycles. The topological polar surface area (TPSA) is 40.6 Å². The predicted molar refractivity (Wildman–Crippen MR) is 148 cm³/mol. The van der Waals surface area contributed by atoms with Crippen LogP contribution in [-0.4, -0.2) is 36.2 Å². The molecule has 3 aromatic rings. The first-order valence-corrected chi connectivity index (χ1v) is 13.8. The third-order valence-corrected chi connectivity index (χ3v) is 8.05. The molecule has 4 nitrogen and oxygen atoms in total.